The highest BCUT2D eigenvalue weighted by molar-refractivity contribution is 6.31. The van der Waals surface area contributed by atoms with Gasteiger partial charge in [0.25, 0.3) is 5.91 Å². The number of aliphatic hydroxyl groups excluding tert-OH is 2. The van der Waals surface area contributed by atoms with Gasteiger partial charge in [-0.3, -0.25) is 14.9 Å². The lowest BCUT2D eigenvalue weighted by atomic mass is 9.77. The lowest BCUT2D eigenvalue weighted by Crippen LogP contribution is -2.59. The Balaban J connectivity index is 1.65. The number of aliphatic hydroxyl groups is 2. The zero-order valence-corrected chi connectivity index (χ0v) is 18.6. The van der Waals surface area contributed by atoms with Crippen LogP contribution in [0.25, 0.3) is 0 Å². The predicted molar refractivity (Wildman–Crippen MR) is 119 cm³/mol. The molecule has 4 rings (SSSR count). The van der Waals surface area contributed by atoms with Crippen molar-refractivity contribution in [2.75, 3.05) is 11.9 Å². The topological polar surface area (TPSA) is 104 Å². The van der Waals surface area contributed by atoms with Crippen molar-refractivity contribution in [1.82, 2.24) is 9.88 Å². The van der Waals surface area contributed by atoms with E-state index in [4.69, 9.17) is 11.6 Å². The molecule has 1 aromatic carbocycles. The average Bonchev–Trinajstić information content (AvgIpc) is 3.04. The third kappa shape index (κ3) is 4.08. The van der Waals surface area contributed by atoms with Crippen LogP contribution in [0.5, 0.6) is 0 Å². The maximum absolute atomic E-state index is 13.5. The first kappa shape index (κ1) is 22.9. The number of rotatable bonds is 7. The normalized spacial score (nSPS) is 17.9. The summed E-state index contributed by atoms with van der Waals surface area (Å²) in [5.74, 6) is -1.51. The first-order chi connectivity index (χ1) is 15.3. The Morgan fingerprint density at radius 3 is 2.66 bits per heavy atom. The van der Waals surface area contributed by atoms with Gasteiger partial charge in [-0.2, -0.15) is 0 Å². The number of ketones is 1. The zero-order chi connectivity index (χ0) is 23.0. The molecule has 32 heavy (non-hydrogen) atoms. The van der Waals surface area contributed by atoms with Crippen molar-refractivity contribution in [3.8, 4) is 0 Å². The van der Waals surface area contributed by atoms with Crippen LogP contribution < -0.4 is 10.6 Å². The number of nitrogens with zero attached hydrogens (tertiary/aromatic N) is 1. The third-order valence-electron chi connectivity index (χ3n) is 6.60. The Labute approximate surface area is 190 Å². The molecule has 7 nitrogen and oxygen atoms in total. The molecule has 0 radical (unpaired) electrons. The summed E-state index contributed by atoms with van der Waals surface area (Å²) in [4.78, 5) is 26.4. The molecular formula is C23H27ClFN3O4. The molecule has 172 valence electrons. The fraction of sp³-hybridized carbons (Fsp3) is 0.478. The summed E-state index contributed by atoms with van der Waals surface area (Å²) >= 11 is 5.82. The van der Waals surface area contributed by atoms with Gasteiger partial charge >= 0.3 is 0 Å². The minimum atomic E-state index is -1.48. The van der Waals surface area contributed by atoms with Crippen LogP contribution in [0.15, 0.2) is 18.2 Å². The van der Waals surface area contributed by atoms with Gasteiger partial charge in [0.2, 0.25) is 5.78 Å². The second-order valence-corrected chi connectivity index (χ2v) is 9.10. The fourth-order valence-corrected chi connectivity index (χ4v) is 4.88. The molecule has 1 unspecified atom stereocenters. The molecule has 9 heteroatoms. The molecule has 1 fully saturated rings. The van der Waals surface area contributed by atoms with Gasteiger partial charge in [-0.25, -0.2) is 4.39 Å². The van der Waals surface area contributed by atoms with Crippen LogP contribution in [0.3, 0.4) is 0 Å². The Morgan fingerprint density at radius 1 is 1.28 bits per heavy atom. The number of anilines is 1. The molecular weight excluding hydrogens is 437 g/mol. The second kappa shape index (κ2) is 8.94. The monoisotopic (exact) mass is 463 g/mol. The van der Waals surface area contributed by atoms with Crippen LogP contribution in [0, 0.1) is 12.7 Å². The van der Waals surface area contributed by atoms with Crippen molar-refractivity contribution in [1.29, 1.82) is 0 Å². The number of carbonyl (C=O) groups is 2. The lowest BCUT2D eigenvalue weighted by molar-refractivity contribution is 0.0182. The first-order valence-electron chi connectivity index (χ1n) is 10.9. The summed E-state index contributed by atoms with van der Waals surface area (Å²) in [7, 11) is 0. The van der Waals surface area contributed by atoms with Crippen molar-refractivity contribution in [3.05, 3.63) is 51.6 Å². The molecule has 4 N–H and O–H groups in total. The van der Waals surface area contributed by atoms with Crippen LogP contribution in [-0.2, 0) is 13.0 Å². The molecule has 1 aliphatic heterocycles. The maximum Gasteiger partial charge on any atom is 0.257 e. The number of amides is 1. The van der Waals surface area contributed by atoms with Crippen molar-refractivity contribution in [2.24, 2.45) is 0 Å². The van der Waals surface area contributed by atoms with E-state index in [-0.39, 0.29) is 11.6 Å². The Kier molecular flexibility index (Phi) is 6.40. The van der Waals surface area contributed by atoms with E-state index in [0.29, 0.717) is 48.3 Å². The van der Waals surface area contributed by atoms with Crippen molar-refractivity contribution in [3.63, 3.8) is 0 Å². The molecule has 2 heterocycles. The summed E-state index contributed by atoms with van der Waals surface area (Å²) in [5, 5.41) is 25.8. The molecule has 1 saturated carbocycles. The van der Waals surface area contributed by atoms with E-state index in [1.54, 1.807) is 6.92 Å². The lowest BCUT2D eigenvalue weighted by Gasteiger charge is -2.42. The van der Waals surface area contributed by atoms with Crippen molar-refractivity contribution in [2.45, 2.75) is 63.8 Å². The first-order valence-corrected chi connectivity index (χ1v) is 11.2. The van der Waals surface area contributed by atoms with Gasteiger partial charge in [0.15, 0.2) is 6.23 Å². The summed E-state index contributed by atoms with van der Waals surface area (Å²) in [6.45, 7) is 2.12. The predicted octanol–water partition coefficient (Wildman–Crippen LogP) is 3.18. The van der Waals surface area contributed by atoms with Crippen LogP contribution in [-0.4, -0.2) is 44.8 Å². The van der Waals surface area contributed by atoms with Gasteiger partial charge < -0.3 is 20.1 Å². The molecule has 2 aliphatic rings. The molecule has 2 aromatic rings. The SMILES string of the molecule is Cc1c(C(=O)Nc2ccc(F)c(Cl)c2)c2n(c1C(=O)C(O)NC1(CO)CCC1)CCCC2. The zero-order valence-electron chi connectivity index (χ0n) is 17.9. The minimum Gasteiger partial charge on any atom is -0.394 e. The van der Waals surface area contributed by atoms with Crippen LogP contribution >= 0.6 is 11.6 Å². The van der Waals surface area contributed by atoms with E-state index in [1.165, 1.54) is 18.2 Å². The average molecular weight is 464 g/mol. The number of hydrogen-bond donors (Lipinski definition) is 4. The Morgan fingerprint density at radius 2 is 2.03 bits per heavy atom. The Hall–Kier alpha value is -2.26. The number of halogens is 2. The van der Waals surface area contributed by atoms with Crippen LogP contribution in [0.2, 0.25) is 5.02 Å². The van der Waals surface area contributed by atoms with Gasteiger partial charge in [0, 0.05) is 23.5 Å². The van der Waals surface area contributed by atoms with E-state index in [0.717, 1.165) is 25.0 Å². The number of carbonyl (C=O) groups excluding carboxylic acids is 2. The number of aromatic nitrogens is 1. The van der Waals surface area contributed by atoms with E-state index < -0.39 is 29.3 Å². The smallest absolute Gasteiger partial charge is 0.257 e. The fourth-order valence-electron chi connectivity index (χ4n) is 4.70. The van der Waals surface area contributed by atoms with Gasteiger partial charge in [-0.05, 0) is 69.2 Å². The summed E-state index contributed by atoms with van der Waals surface area (Å²) in [6, 6.07) is 3.93. The number of nitrogens with one attached hydrogen (secondary N) is 2. The largest absolute Gasteiger partial charge is 0.394 e. The van der Waals surface area contributed by atoms with Gasteiger partial charge in [-0.1, -0.05) is 11.6 Å². The molecule has 0 saturated heterocycles. The van der Waals surface area contributed by atoms with E-state index >= 15 is 0 Å². The second-order valence-electron chi connectivity index (χ2n) is 8.69. The standard InChI is InChI=1S/C23H27ClFN3O4/c1-13-18(21(31)26-14-6-7-16(25)15(24)11-14)17-5-2-3-10-28(17)19(13)20(30)22(32)27-23(12-29)8-4-9-23/h6-7,11,22,27,29,32H,2-5,8-10,12H2,1H3,(H,26,31). The van der Waals surface area contributed by atoms with Gasteiger partial charge in [-0.15, -0.1) is 0 Å². The maximum atomic E-state index is 13.5. The highest BCUT2D eigenvalue weighted by Gasteiger charge is 2.40. The molecule has 0 bridgehead atoms. The summed E-state index contributed by atoms with van der Waals surface area (Å²) in [5.41, 5.74) is 1.64. The van der Waals surface area contributed by atoms with Crippen LogP contribution in [0.1, 0.15) is 64.2 Å². The van der Waals surface area contributed by atoms with E-state index in [1.807, 2.05) is 4.57 Å². The van der Waals surface area contributed by atoms with E-state index in [2.05, 4.69) is 10.6 Å². The molecule has 0 spiro atoms. The summed E-state index contributed by atoms with van der Waals surface area (Å²) < 4.78 is 15.3. The molecule has 1 atom stereocenters. The molecule has 1 aliphatic carbocycles. The molecule has 1 amide bonds. The minimum absolute atomic E-state index is 0.0997. The van der Waals surface area contributed by atoms with Gasteiger partial charge in [0.1, 0.15) is 5.82 Å². The number of fused-ring (bicyclic) bond motifs is 1. The quantitative estimate of drug-likeness (QED) is 0.373. The highest BCUT2D eigenvalue weighted by Crippen LogP contribution is 2.33. The Bertz CT molecular complexity index is 1060. The number of benzene rings is 1. The van der Waals surface area contributed by atoms with Crippen LogP contribution in [0.4, 0.5) is 10.1 Å². The van der Waals surface area contributed by atoms with Crippen molar-refractivity contribution >= 4 is 29.0 Å². The number of hydrogen-bond acceptors (Lipinski definition) is 5. The third-order valence-corrected chi connectivity index (χ3v) is 6.89. The molecule has 1 aromatic heterocycles. The highest BCUT2D eigenvalue weighted by atomic mass is 35.5. The number of Topliss-reactive ketones (excluding diaryl/α,β-unsaturated/α-hetero) is 1. The van der Waals surface area contributed by atoms with E-state index in [9.17, 15) is 24.2 Å². The van der Waals surface area contributed by atoms with Gasteiger partial charge in [0.05, 0.1) is 22.9 Å². The summed E-state index contributed by atoms with van der Waals surface area (Å²) in [6.07, 6.45) is 3.19. The van der Waals surface area contributed by atoms with Crippen molar-refractivity contribution < 1.29 is 24.2 Å².